The molecule has 31 heavy (non-hydrogen) atoms. The summed E-state index contributed by atoms with van der Waals surface area (Å²) in [7, 11) is 0. The first-order valence-electron chi connectivity index (χ1n) is 9.45. The number of carbonyl (C=O) groups is 1. The molecule has 0 aliphatic carbocycles. The minimum absolute atomic E-state index is 0.198. The molecule has 0 fully saturated rings. The van der Waals surface area contributed by atoms with Crippen LogP contribution in [0.25, 0.3) is 6.08 Å². The van der Waals surface area contributed by atoms with Crippen LogP contribution < -0.4 is 14.9 Å². The Morgan fingerprint density at radius 1 is 1.26 bits per heavy atom. The Kier molecular flexibility index (Phi) is 6.09. The Balaban J connectivity index is 2.00. The van der Waals surface area contributed by atoms with Crippen molar-refractivity contribution in [3.05, 3.63) is 94.9 Å². The maximum atomic E-state index is 13.4. The lowest BCUT2D eigenvalue weighted by atomic mass is 9.96. The van der Waals surface area contributed by atoms with E-state index in [-0.39, 0.29) is 17.7 Å². The van der Waals surface area contributed by atoms with Gasteiger partial charge in [0.05, 0.1) is 22.4 Å². The molecule has 6 nitrogen and oxygen atoms in total. The Morgan fingerprint density at radius 3 is 2.68 bits per heavy atom. The Bertz CT molecular complexity index is 1380. The van der Waals surface area contributed by atoms with E-state index in [1.807, 2.05) is 0 Å². The normalized spacial score (nSPS) is 16.1. The second kappa shape index (κ2) is 8.78. The van der Waals surface area contributed by atoms with Gasteiger partial charge in [-0.25, -0.2) is 9.79 Å². The zero-order valence-electron chi connectivity index (χ0n) is 16.6. The molecule has 3 aromatic rings. The summed E-state index contributed by atoms with van der Waals surface area (Å²) in [5.41, 5.74) is 1.88. The first kappa shape index (κ1) is 21.5. The monoisotopic (exact) mass is 473 g/mol. The smallest absolute Gasteiger partial charge is 0.338 e. The van der Waals surface area contributed by atoms with Crippen molar-refractivity contribution >= 4 is 46.6 Å². The maximum Gasteiger partial charge on any atom is 0.338 e. The van der Waals surface area contributed by atoms with Crippen molar-refractivity contribution in [2.24, 2.45) is 4.99 Å². The van der Waals surface area contributed by atoms with E-state index < -0.39 is 12.0 Å². The molecule has 3 heterocycles. The summed E-state index contributed by atoms with van der Waals surface area (Å²) < 4.78 is 7.25. The number of allylic oxidation sites excluding steroid dienone is 1. The predicted molar refractivity (Wildman–Crippen MR) is 121 cm³/mol. The van der Waals surface area contributed by atoms with E-state index in [9.17, 15) is 9.59 Å². The first-order chi connectivity index (χ1) is 14.9. The summed E-state index contributed by atoms with van der Waals surface area (Å²) in [5.74, 6) is -0.539. The molecule has 0 bridgehead atoms. The molecular formula is C22H17Cl2N3O3S. The van der Waals surface area contributed by atoms with Crippen LogP contribution in [0.5, 0.6) is 0 Å². The van der Waals surface area contributed by atoms with Crippen LogP contribution in [0.1, 0.15) is 31.0 Å². The quantitative estimate of drug-likeness (QED) is 0.543. The number of ether oxygens (including phenoxy) is 1. The van der Waals surface area contributed by atoms with Crippen molar-refractivity contribution < 1.29 is 9.53 Å². The number of esters is 1. The zero-order chi connectivity index (χ0) is 22.1. The van der Waals surface area contributed by atoms with Crippen LogP contribution in [0, 0.1) is 0 Å². The molecule has 1 unspecified atom stereocenters. The van der Waals surface area contributed by atoms with Gasteiger partial charge < -0.3 is 4.74 Å². The van der Waals surface area contributed by atoms with E-state index in [1.165, 1.54) is 15.9 Å². The second-order valence-corrected chi connectivity index (χ2v) is 8.60. The standard InChI is InChI=1S/C22H17Cl2N3O3S/c1-3-30-21(29)18-12(2)26-22-27(19(18)15-5-4-14(23)11-16(15)24)20(28)17(31-22)10-13-6-8-25-9-7-13/h4-11,19H,3H2,1-2H3/b17-10-. The third kappa shape index (κ3) is 4.08. The highest BCUT2D eigenvalue weighted by atomic mass is 35.5. The Hall–Kier alpha value is -2.74. The fraction of sp³-hybridized carbons (Fsp3) is 0.182. The van der Waals surface area contributed by atoms with Crippen LogP contribution in [0.3, 0.4) is 0 Å². The van der Waals surface area contributed by atoms with Crippen LogP contribution in [-0.2, 0) is 9.53 Å². The van der Waals surface area contributed by atoms with Crippen LogP contribution in [0.4, 0.5) is 0 Å². The summed E-state index contributed by atoms with van der Waals surface area (Å²) in [6.45, 7) is 3.65. The van der Waals surface area contributed by atoms with Gasteiger partial charge in [-0.15, -0.1) is 0 Å². The van der Waals surface area contributed by atoms with Gasteiger partial charge in [-0.1, -0.05) is 40.6 Å². The van der Waals surface area contributed by atoms with Crippen LogP contribution >= 0.6 is 34.5 Å². The molecule has 0 N–H and O–H groups in total. The summed E-state index contributed by atoms with van der Waals surface area (Å²) in [5, 5.41) is 0.801. The molecular weight excluding hydrogens is 457 g/mol. The highest BCUT2D eigenvalue weighted by molar-refractivity contribution is 7.07. The highest BCUT2D eigenvalue weighted by Crippen LogP contribution is 2.35. The fourth-order valence-corrected chi connectivity index (χ4v) is 4.98. The lowest BCUT2D eigenvalue weighted by molar-refractivity contribution is -0.139. The number of hydrogen-bond acceptors (Lipinski definition) is 6. The van der Waals surface area contributed by atoms with E-state index in [1.54, 1.807) is 62.6 Å². The van der Waals surface area contributed by atoms with Gasteiger partial charge in [-0.05, 0) is 55.3 Å². The van der Waals surface area contributed by atoms with Crippen molar-refractivity contribution in [1.82, 2.24) is 9.55 Å². The average Bonchev–Trinajstić information content (AvgIpc) is 3.03. The Labute approximate surface area is 191 Å². The summed E-state index contributed by atoms with van der Waals surface area (Å²) in [6, 6.07) is 7.81. The van der Waals surface area contributed by atoms with Crippen LogP contribution in [-0.4, -0.2) is 22.1 Å². The number of carbonyl (C=O) groups excluding carboxylic acids is 1. The van der Waals surface area contributed by atoms with Crippen molar-refractivity contribution in [1.29, 1.82) is 0 Å². The number of fused-ring (bicyclic) bond motifs is 1. The van der Waals surface area contributed by atoms with Crippen molar-refractivity contribution in [3.8, 4) is 0 Å². The SMILES string of the molecule is CCOC(=O)C1=C(C)N=c2s/c(=C\c3ccncc3)c(=O)n2C1c1ccc(Cl)cc1Cl. The molecule has 158 valence electrons. The molecule has 0 saturated carbocycles. The van der Waals surface area contributed by atoms with Gasteiger partial charge in [0.1, 0.15) is 6.04 Å². The van der Waals surface area contributed by atoms with Gasteiger partial charge >= 0.3 is 5.97 Å². The topological polar surface area (TPSA) is 73.6 Å². The number of pyridine rings is 1. The third-order valence-corrected chi connectivity index (χ3v) is 6.32. The van der Waals surface area contributed by atoms with Crippen LogP contribution in [0.2, 0.25) is 10.0 Å². The fourth-order valence-electron chi connectivity index (χ4n) is 3.42. The van der Waals surface area contributed by atoms with Crippen molar-refractivity contribution in [2.75, 3.05) is 6.61 Å². The predicted octanol–water partition coefficient (Wildman–Crippen LogP) is 3.50. The lowest BCUT2D eigenvalue weighted by Crippen LogP contribution is -2.40. The number of halogens is 2. The number of benzene rings is 1. The van der Waals surface area contributed by atoms with Gasteiger partial charge in [0, 0.05) is 22.4 Å². The molecule has 1 aliphatic rings. The number of nitrogens with zero attached hydrogens (tertiary/aromatic N) is 3. The number of thiazole rings is 1. The second-order valence-electron chi connectivity index (χ2n) is 6.75. The zero-order valence-corrected chi connectivity index (χ0v) is 19.0. The van der Waals surface area contributed by atoms with Crippen molar-refractivity contribution in [3.63, 3.8) is 0 Å². The van der Waals surface area contributed by atoms with E-state index in [4.69, 9.17) is 27.9 Å². The molecule has 0 radical (unpaired) electrons. The summed E-state index contributed by atoms with van der Waals surface area (Å²) in [6.07, 6.45) is 5.08. The molecule has 1 aromatic carbocycles. The minimum Gasteiger partial charge on any atom is -0.463 e. The van der Waals surface area contributed by atoms with Gasteiger partial charge in [0.15, 0.2) is 4.80 Å². The van der Waals surface area contributed by atoms with E-state index in [0.29, 0.717) is 30.6 Å². The molecule has 9 heteroatoms. The number of aromatic nitrogens is 2. The Morgan fingerprint density at radius 2 is 2.00 bits per heavy atom. The molecule has 0 spiro atoms. The molecule has 2 aromatic heterocycles. The summed E-state index contributed by atoms with van der Waals surface area (Å²) >= 11 is 13.8. The highest BCUT2D eigenvalue weighted by Gasteiger charge is 2.34. The average molecular weight is 474 g/mol. The van der Waals surface area contributed by atoms with E-state index in [0.717, 1.165) is 5.56 Å². The number of hydrogen-bond donors (Lipinski definition) is 0. The van der Waals surface area contributed by atoms with E-state index in [2.05, 4.69) is 9.98 Å². The van der Waals surface area contributed by atoms with Gasteiger partial charge in [-0.3, -0.25) is 14.3 Å². The number of rotatable bonds is 4. The van der Waals surface area contributed by atoms with Gasteiger partial charge in [0.25, 0.3) is 5.56 Å². The first-order valence-corrected chi connectivity index (χ1v) is 11.0. The molecule has 1 aliphatic heterocycles. The molecule has 0 amide bonds. The van der Waals surface area contributed by atoms with Crippen LogP contribution in [0.15, 0.2) is 63.8 Å². The molecule has 4 rings (SSSR count). The third-order valence-electron chi connectivity index (χ3n) is 4.78. The lowest BCUT2D eigenvalue weighted by Gasteiger charge is -2.25. The summed E-state index contributed by atoms with van der Waals surface area (Å²) in [4.78, 5) is 35.3. The van der Waals surface area contributed by atoms with Crippen molar-refractivity contribution in [2.45, 2.75) is 19.9 Å². The maximum absolute atomic E-state index is 13.4. The molecule has 0 saturated heterocycles. The minimum atomic E-state index is -0.778. The molecule has 1 atom stereocenters. The van der Waals surface area contributed by atoms with Gasteiger partial charge in [-0.2, -0.15) is 0 Å². The van der Waals surface area contributed by atoms with Gasteiger partial charge in [0.2, 0.25) is 0 Å². The largest absolute Gasteiger partial charge is 0.463 e. The van der Waals surface area contributed by atoms with E-state index >= 15 is 0 Å².